The maximum absolute atomic E-state index is 11.5. The molecular weight excluding hydrogens is 210 g/mol. The number of nitrogens with two attached hydrogens (primary N) is 1. The lowest BCUT2D eigenvalue weighted by Crippen LogP contribution is -2.46. The molecule has 0 aromatic heterocycles. The Kier molecular flexibility index (Phi) is 7.49. The number of carbonyl (C=O) groups is 2. The van der Waals surface area contributed by atoms with Gasteiger partial charge in [-0.2, -0.15) is 5.48 Å². The molecule has 2 amide bonds. The smallest absolute Gasteiger partial charge is 0.245 e. The van der Waals surface area contributed by atoms with Crippen molar-refractivity contribution in [1.29, 1.82) is 0 Å². The molecule has 0 radical (unpaired) electrons. The van der Waals surface area contributed by atoms with E-state index in [2.05, 4.69) is 17.7 Å². The Hall–Kier alpha value is -1.14. The van der Waals surface area contributed by atoms with Crippen LogP contribution in [0.25, 0.3) is 0 Å². The number of rotatable bonds is 8. The molecule has 0 bridgehead atoms. The molecule has 0 aliphatic carbocycles. The quantitative estimate of drug-likeness (QED) is 0.499. The number of hydrogen-bond acceptors (Lipinski definition) is 4. The van der Waals surface area contributed by atoms with E-state index in [0.717, 1.165) is 12.8 Å². The molecule has 94 valence electrons. The molecule has 0 spiro atoms. The molecule has 2 atom stereocenters. The van der Waals surface area contributed by atoms with Gasteiger partial charge in [0, 0.05) is 6.04 Å². The third-order valence-electron chi connectivity index (χ3n) is 1.98. The first-order chi connectivity index (χ1) is 7.47. The van der Waals surface area contributed by atoms with Crippen LogP contribution in [0.4, 0.5) is 0 Å². The maximum atomic E-state index is 11.5. The normalized spacial score (nSPS) is 14.2. The van der Waals surface area contributed by atoms with Crippen molar-refractivity contribution < 1.29 is 14.4 Å². The van der Waals surface area contributed by atoms with E-state index in [-0.39, 0.29) is 18.6 Å². The van der Waals surface area contributed by atoms with Gasteiger partial charge >= 0.3 is 0 Å². The molecule has 0 saturated heterocycles. The van der Waals surface area contributed by atoms with Gasteiger partial charge in [0.1, 0.15) is 12.6 Å². The Morgan fingerprint density at radius 2 is 2.00 bits per heavy atom. The van der Waals surface area contributed by atoms with Crippen LogP contribution in [-0.2, 0) is 14.4 Å². The minimum absolute atomic E-state index is 0.137. The Morgan fingerprint density at radius 3 is 2.50 bits per heavy atom. The lowest BCUT2D eigenvalue weighted by atomic mass is 10.2. The molecule has 0 saturated carbocycles. The largest absolute Gasteiger partial charge is 0.368 e. The molecule has 0 rings (SSSR count). The fraction of sp³-hybridized carbons (Fsp3) is 0.800. The molecule has 16 heavy (non-hydrogen) atoms. The summed E-state index contributed by atoms with van der Waals surface area (Å²) in [6.45, 7) is 5.40. The number of primary amides is 1. The zero-order valence-electron chi connectivity index (χ0n) is 10.1. The summed E-state index contributed by atoms with van der Waals surface area (Å²) in [6.07, 6.45) is 1.95. The van der Waals surface area contributed by atoms with Crippen molar-refractivity contribution in [1.82, 2.24) is 10.8 Å². The highest BCUT2D eigenvalue weighted by Crippen LogP contribution is 1.95. The summed E-state index contributed by atoms with van der Waals surface area (Å²) >= 11 is 0. The summed E-state index contributed by atoms with van der Waals surface area (Å²) in [6, 6.07) is -0.378. The van der Waals surface area contributed by atoms with E-state index < -0.39 is 11.9 Å². The van der Waals surface area contributed by atoms with Gasteiger partial charge in [-0.25, -0.2) is 0 Å². The lowest BCUT2D eigenvalue weighted by Gasteiger charge is -2.17. The highest BCUT2D eigenvalue weighted by Gasteiger charge is 2.14. The van der Waals surface area contributed by atoms with Crippen LogP contribution in [0.5, 0.6) is 0 Å². The zero-order chi connectivity index (χ0) is 12.6. The number of hydrogen-bond donors (Lipinski definition) is 3. The third-order valence-corrected chi connectivity index (χ3v) is 1.98. The standard InChI is InChI=1S/C10H21N3O3/c1-4-5-7(2)12-10(15)8(3)13-16-6-9(11)14/h7-8,13H,4-6H2,1-3H3,(H2,11,14)(H,12,15). The molecule has 4 N–H and O–H groups in total. The van der Waals surface area contributed by atoms with Gasteiger partial charge in [-0.3, -0.25) is 14.4 Å². The predicted molar refractivity (Wildman–Crippen MR) is 60.3 cm³/mol. The van der Waals surface area contributed by atoms with Crippen LogP contribution in [-0.4, -0.2) is 30.5 Å². The van der Waals surface area contributed by atoms with Gasteiger partial charge in [-0.15, -0.1) is 0 Å². The van der Waals surface area contributed by atoms with Gasteiger partial charge in [-0.1, -0.05) is 13.3 Å². The predicted octanol–water partition coefficient (Wildman–Crippen LogP) is -0.314. The van der Waals surface area contributed by atoms with Crippen LogP contribution in [0.3, 0.4) is 0 Å². The summed E-state index contributed by atoms with van der Waals surface area (Å²) in [5.74, 6) is -0.745. The van der Waals surface area contributed by atoms with Crippen LogP contribution in [0.2, 0.25) is 0 Å². The van der Waals surface area contributed by atoms with E-state index in [1.165, 1.54) is 0 Å². The van der Waals surface area contributed by atoms with Crippen LogP contribution in [0, 0.1) is 0 Å². The summed E-state index contributed by atoms with van der Waals surface area (Å²) in [4.78, 5) is 26.6. The van der Waals surface area contributed by atoms with Crippen molar-refractivity contribution in [3.8, 4) is 0 Å². The number of nitrogens with one attached hydrogen (secondary N) is 2. The Balaban J connectivity index is 3.76. The molecule has 0 aliphatic heterocycles. The van der Waals surface area contributed by atoms with Crippen LogP contribution in [0.15, 0.2) is 0 Å². The van der Waals surface area contributed by atoms with E-state index in [1.807, 2.05) is 6.92 Å². The molecule has 0 aliphatic rings. The second-order valence-corrected chi connectivity index (χ2v) is 3.79. The van der Waals surface area contributed by atoms with Crippen LogP contribution >= 0.6 is 0 Å². The van der Waals surface area contributed by atoms with E-state index >= 15 is 0 Å². The molecule has 6 nitrogen and oxygen atoms in total. The lowest BCUT2D eigenvalue weighted by molar-refractivity contribution is -0.133. The average Bonchev–Trinajstić information content (AvgIpc) is 2.17. The molecule has 0 aromatic carbocycles. The van der Waals surface area contributed by atoms with Crippen molar-refractivity contribution in [2.45, 2.75) is 45.7 Å². The van der Waals surface area contributed by atoms with Crippen molar-refractivity contribution in [2.75, 3.05) is 6.61 Å². The van der Waals surface area contributed by atoms with Gasteiger partial charge in [0.25, 0.3) is 0 Å². The summed E-state index contributed by atoms with van der Waals surface area (Å²) in [7, 11) is 0. The van der Waals surface area contributed by atoms with Gasteiger partial charge in [0.2, 0.25) is 11.8 Å². The van der Waals surface area contributed by atoms with E-state index in [1.54, 1.807) is 6.92 Å². The van der Waals surface area contributed by atoms with Crippen molar-refractivity contribution in [3.05, 3.63) is 0 Å². The summed E-state index contributed by atoms with van der Waals surface area (Å²) in [5.41, 5.74) is 7.32. The molecule has 0 heterocycles. The molecule has 6 heteroatoms. The fourth-order valence-electron chi connectivity index (χ4n) is 1.16. The van der Waals surface area contributed by atoms with Crippen molar-refractivity contribution >= 4 is 11.8 Å². The first-order valence-corrected chi connectivity index (χ1v) is 5.43. The first kappa shape index (κ1) is 14.9. The summed E-state index contributed by atoms with van der Waals surface area (Å²) < 4.78 is 0. The molecular formula is C10H21N3O3. The van der Waals surface area contributed by atoms with Crippen LogP contribution in [0.1, 0.15) is 33.6 Å². The van der Waals surface area contributed by atoms with Crippen molar-refractivity contribution in [2.24, 2.45) is 5.73 Å². The van der Waals surface area contributed by atoms with Gasteiger partial charge < -0.3 is 11.1 Å². The number of carbonyl (C=O) groups excluding carboxylic acids is 2. The molecule has 2 unspecified atom stereocenters. The van der Waals surface area contributed by atoms with E-state index in [0.29, 0.717) is 0 Å². The number of amides is 2. The molecule has 0 fully saturated rings. The second kappa shape index (κ2) is 8.06. The van der Waals surface area contributed by atoms with Gasteiger partial charge in [0.05, 0.1) is 0 Å². The second-order valence-electron chi connectivity index (χ2n) is 3.79. The topological polar surface area (TPSA) is 93.4 Å². The minimum atomic E-state index is -0.584. The first-order valence-electron chi connectivity index (χ1n) is 5.43. The van der Waals surface area contributed by atoms with E-state index in [9.17, 15) is 9.59 Å². The Morgan fingerprint density at radius 1 is 1.38 bits per heavy atom. The Labute approximate surface area is 95.9 Å². The highest BCUT2D eigenvalue weighted by molar-refractivity contribution is 5.81. The number of hydroxylamine groups is 1. The van der Waals surface area contributed by atoms with Crippen LogP contribution < -0.4 is 16.5 Å². The fourth-order valence-corrected chi connectivity index (χ4v) is 1.16. The van der Waals surface area contributed by atoms with Gasteiger partial charge in [0.15, 0.2) is 0 Å². The third kappa shape index (κ3) is 7.19. The highest BCUT2D eigenvalue weighted by atomic mass is 16.6. The maximum Gasteiger partial charge on any atom is 0.245 e. The van der Waals surface area contributed by atoms with E-state index in [4.69, 9.17) is 10.6 Å². The summed E-state index contributed by atoms with van der Waals surface area (Å²) in [5, 5.41) is 2.82. The SMILES string of the molecule is CCCC(C)NC(=O)C(C)NOCC(N)=O. The average molecular weight is 231 g/mol. The minimum Gasteiger partial charge on any atom is -0.368 e. The van der Waals surface area contributed by atoms with Gasteiger partial charge in [-0.05, 0) is 20.3 Å². The van der Waals surface area contributed by atoms with Crippen molar-refractivity contribution in [3.63, 3.8) is 0 Å². The Bertz CT molecular complexity index is 233. The zero-order valence-corrected chi connectivity index (χ0v) is 10.1. The molecule has 0 aromatic rings. The monoisotopic (exact) mass is 231 g/mol.